The zero-order valence-corrected chi connectivity index (χ0v) is 13.9. The predicted octanol–water partition coefficient (Wildman–Crippen LogP) is -0.00990. The maximum atomic E-state index is 11.6. The van der Waals surface area contributed by atoms with Gasteiger partial charge in [-0.15, -0.1) is 0 Å². The van der Waals surface area contributed by atoms with Gasteiger partial charge in [0, 0.05) is 29.6 Å². The minimum atomic E-state index is -0.667. The SMILES string of the molecule is CC1CCN([C@@H](C(=O)O)C2CCN(C)CC2)CC1.[B]B([B])[B]. The number of carboxylic acids is 1. The van der Waals surface area contributed by atoms with E-state index in [1.807, 2.05) is 0 Å². The van der Waals surface area contributed by atoms with Crippen LogP contribution in [0.15, 0.2) is 0 Å². The van der Waals surface area contributed by atoms with Crippen LogP contribution in [-0.2, 0) is 4.79 Å². The Bertz CT molecular complexity index is 306. The number of carboxylic acid groups (broad SMARTS) is 1. The lowest BCUT2D eigenvalue weighted by Crippen LogP contribution is -2.51. The lowest BCUT2D eigenvalue weighted by Gasteiger charge is -2.40. The van der Waals surface area contributed by atoms with Crippen LogP contribution in [0.5, 0.6) is 0 Å². The molecule has 1 atom stereocenters. The molecule has 2 rings (SSSR count). The van der Waals surface area contributed by atoms with Gasteiger partial charge in [0.1, 0.15) is 6.04 Å². The molecule has 2 aliphatic heterocycles. The number of rotatable bonds is 3. The van der Waals surface area contributed by atoms with Crippen molar-refractivity contribution < 1.29 is 9.90 Å². The summed E-state index contributed by atoms with van der Waals surface area (Å²) in [5.41, 5.74) is 0. The van der Waals surface area contributed by atoms with Crippen molar-refractivity contribution in [3.63, 3.8) is 0 Å². The molecule has 0 bridgehead atoms. The molecule has 1 N–H and O–H groups in total. The van der Waals surface area contributed by atoms with Gasteiger partial charge < -0.3 is 10.0 Å². The summed E-state index contributed by atoms with van der Waals surface area (Å²) >= 11 is 0. The van der Waals surface area contributed by atoms with E-state index in [4.69, 9.17) is 0 Å². The minimum absolute atomic E-state index is 0.244. The summed E-state index contributed by atoms with van der Waals surface area (Å²) in [6.45, 7) is 6.27. The second kappa shape index (κ2) is 9.71. The zero-order chi connectivity index (χ0) is 16.7. The molecule has 4 nitrogen and oxygen atoms in total. The summed E-state index contributed by atoms with van der Waals surface area (Å²) in [5, 5.41) is 9.55. The minimum Gasteiger partial charge on any atom is -0.480 e. The van der Waals surface area contributed by atoms with E-state index in [-0.39, 0.29) is 6.04 Å². The number of carbonyl (C=O) groups is 1. The highest BCUT2D eigenvalue weighted by Crippen LogP contribution is 2.27. The Hall–Kier alpha value is -0.350. The molecule has 0 amide bonds. The van der Waals surface area contributed by atoms with Crippen molar-refractivity contribution in [2.24, 2.45) is 11.8 Å². The number of hydrogen-bond donors (Lipinski definition) is 1. The van der Waals surface area contributed by atoms with Gasteiger partial charge in [-0.1, -0.05) is 6.92 Å². The summed E-state index contributed by atoms with van der Waals surface area (Å²) in [6, 6.07) is -0.244. The van der Waals surface area contributed by atoms with Crippen molar-refractivity contribution in [3.05, 3.63) is 0 Å². The second-order valence-electron chi connectivity index (χ2n) is 6.72. The van der Waals surface area contributed by atoms with Crippen LogP contribution in [0.4, 0.5) is 0 Å². The fourth-order valence-corrected chi connectivity index (χ4v) is 3.31. The molecular weight excluding hydrogens is 271 g/mol. The second-order valence-corrected chi connectivity index (χ2v) is 6.72. The highest BCUT2D eigenvalue weighted by Gasteiger charge is 2.36. The van der Waals surface area contributed by atoms with Crippen molar-refractivity contribution >= 4 is 35.6 Å². The molecule has 0 saturated carbocycles. The first kappa shape index (κ1) is 19.7. The predicted molar refractivity (Wildman–Crippen MR) is 94.6 cm³/mol. The lowest BCUT2D eigenvalue weighted by atomic mass is 9.08. The Morgan fingerprint density at radius 2 is 1.55 bits per heavy atom. The summed E-state index contributed by atoms with van der Waals surface area (Å²) in [4.78, 5) is 16.1. The highest BCUT2D eigenvalue weighted by molar-refractivity contribution is 7.49. The molecule has 22 heavy (non-hydrogen) atoms. The van der Waals surface area contributed by atoms with E-state index in [1.165, 1.54) is 0 Å². The first-order chi connectivity index (χ1) is 10.3. The summed E-state index contributed by atoms with van der Waals surface area (Å²) < 4.78 is 0. The quantitative estimate of drug-likeness (QED) is 0.744. The largest absolute Gasteiger partial charge is 0.480 e. The van der Waals surface area contributed by atoms with Crippen LogP contribution in [0.3, 0.4) is 0 Å². The zero-order valence-electron chi connectivity index (χ0n) is 13.9. The topological polar surface area (TPSA) is 43.8 Å². The van der Waals surface area contributed by atoms with E-state index in [0.717, 1.165) is 57.8 Å². The smallest absolute Gasteiger partial charge is 0.321 e. The van der Waals surface area contributed by atoms with Crippen molar-refractivity contribution in [2.45, 2.75) is 38.6 Å². The van der Waals surface area contributed by atoms with Gasteiger partial charge in [-0.05, 0) is 70.7 Å². The number of piperidine rings is 2. The average molecular weight is 298 g/mol. The number of nitrogens with zero attached hydrogens (tertiary/aromatic N) is 2. The fraction of sp³-hybridized carbons (Fsp3) is 0.929. The Kier molecular flexibility index (Phi) is 8.70. The van der Waals surface area contributed by atoms with Gasteiger partial charge in [-0.25, -0.2) is 0 Å². The van der Waals surface area contributed by atoms with Crippen molar-refractivity contribution in [1.82, 2.24) is 9.80 Å². The molecule has 116 valence electrons. The van der Waals surface area contributed by atoms with Crippen molar-refractivity contribution in [1.29, 1.82) is 0 Å². The fourth-order valence-electron chi connectivity index (χ4n) is 3.31. The Balaban J connectivity index is 0.000000541. The number of likely N-dealkylation sites (tertiary alicyclic amines) is 2. The van der Waals surface area contributed by atoms with E-state index in [1.54, 1.807) is 0 Å². The first-order valence-electron chi connectivity index (χ1n) is 8.23. The third-order valence-electron chi connectivity index (χ3n) is 4.67. The normalized spacial score (nSPS) is 23.4. The molecular formula is C14H26B4N2O2. The van der Waals surface area contributed by atoms with Crippen molar-refractivity contribution in [2.75, 3.05) is 33.2 Å². The van der Waals surface area contributed by atoms with E-state index in [9.17, 15) is 9.90 Å². The van der Waals surface area contributed by atoms with Crippen LogP contribution in [0, 0.1) is 11.8 Å². The standard InChI is InChI=1S/C14H26N2O2.B4/c1-11-3-9-16(10-4-11)13(14(17)18)12-5-7-15(2)8-6-12;1-4(2)3/h11-13H,3-10H2,1-2H3,(H,17,18);/t13-;/m1./s1. The van der Waals surface area contributed by atoms with Crippen LogP contribution in [-0.4, -0.2) is 89.7 Å². The third-order valence-corrected chi connectivity index (χ3v) is 4.67. The molecule has 0 spiro atoms. The molecule has 2 saturated heterocycles. The van der Waals surface area contributed by atoms with Crippen LogP contribution in [0.2, 0.25) is 0 Å². The summed E-state index contributed by atoms with van der Waals surface area (Å²) in [6.07, 6.45) is 3.69. The van der Waals surface area contributed by atoms with Gasteiger partial charge in [0.05, 0.1) is 0 Å². The summed E-state index contributed by atoms with van der Waals surface area (Å²) in [7, 11) is 16.1. The Morgan fingerprint density at radius 1 is 1.09 bits per heavy atom. The van der Waals surface area contributed by atoms with Gasteiger partial charge >= 0.3 is 5.97 Å². The van der Waals surface area contributed by atoms with Gasteiger partial charge in [0.2, 0.25) is 0 Å². The highest BCUT2D eigenvalue weighted by atomic mass is 16.4. The molecule has 0 unspecified atom stereocenters. The maximum Gasteiger partial charge on any atom is 0.321 e. The number of hydrogen-bond acceptors (Lipinski definition) is 3. The maximum absolute atomic E-state index is 11.6. The van der Waals surface area contributed by atoms with E-state index in [2.05, 4.69) is 47.0 Å². The van der Waals surface area contributed by atoms with E-state index in [0.29, 0.717) is 5.92 Å². The van der Waals surface area contributed by atoms with Gasteiger partial charge in [0.15, 0.2) is 0 Å². The number of aliphatic carboxylic acids is 1. The Morgan fingerprint density at radius 3 is 1.95 bits per heavy atom. The molecule has 2 heterocycles. The van der Waals surface area contributed by atoms with Crippen LogP contribution < -0.4 is 0 Å². The van der Waals surface area contributed by atoms with Crippen LogP contribution >= 0.6 is 0 Å². The molecule has 2 aliphatic rings. The monoisotopic (exact) mass is 298 g/mol. The molecule has 0 aliphatic carbocycles. The van der Waals surface area contributed by atoms with E-state index >= 15 is 0 Å². The Labute approximate surface area is 139 Å². The van der Waals surface area contributed by atoms with Gasteiger partial charge in [-0.2, -0.15) is 0 Å². The van der Waals surface area contributed by atoms with Gasteiger partial charge in [-0.3, -0.25) is 9.69 Å². The molecule has 2 fully saturated rings. The van der Waals surface area contributed by atoms with Crippen LogP contribution in [0.25, 0.3) is 0 Å². The van der Waals surface area contributed by atoms with E-state index < -0.39 is 12.4 Å². The lowest BCUT2D eigenvalue weighted by molar-refractivity contribution is -0.147. The molecule has 8 heteroatoms. The summed E-state index contributed by atoms with van der Waals surface area (Å²) in [5.74, 6) is 0.486. The molecule has 0 aromatic heterocycles. The molecule has 6 radical (unpaired) electrons. The average Bonchev–Trinajstić information content (AvgIpc) is 2.42. The first-order valence-corrected chi connectivity index (χ1v) is 8.23. The van der Waals surface area contributed by atoms with Crippen molar-refractivity contribution in [3.8, 4) is 0 Å². The molecule has 0 aromatic rings. The third kappa shape index (κ3) is 6.82. The van der Waals surface area contributed by atoms with Gasteiger partial charge in [0.25, 0.3) is 0 Å². The molecule has 0 aromatic carbocycles. The van der Waals surface area contributed by atoms with Crippen LogP contribution in [0.1, 0.15) is 32.6 Å².